The van der Waals surface area contributed by atoms with E-state index in [1.54, 1.807) is 0 Å². The Morgan fingerprint density at radius 3 is 2.45 bits per heavy atom. The lowest BCUT2D eigenvalue weighted by Crippen LogP contribution is -2.57. The van der Waals surface area contributed by atoms with E-state index in [0.29, 0.717) is 11.3 Å². The maximum atomic E-state index is 11.1. The molecule has 22 heavy (non-hydrogen) atoms. The van der Waals surface area contributed by atoms with Crippen LogP contribution in [0.1, 0.15) is 79.6 Å². The van der Waals surface area contributed by atoms with Crippen molar-refractivity contribution < 1.29 is 10.2 Å². The molecule has 0 radical (unpaired) electrons. The molecule has 2 saturated carbocycles. The normalized spacial score (nSPS) is 42.0. The van der Waals surface area contributed by atoms with Crippen LogP contribution in [0.4, 0.5) is 0 Å². The third-order valence-corrected chi connectivity index (χ3v) is 7.03. The average Bonchev–Trinajstić information content (AvgIpc) is 2.36. The zero-order valence-electron chi connectivity index (χ0n) is 15.3. The second-order valence-corrected chi connectivity index (χ2v) is 9.12. The quantitative estimate of drug-likeness (QED) is 0.739. The van der Waals surface area contributed by atoms with E-state index in [1.807, 2.05) is 6.08 Å². The van der Waals surface area contributed by atoms with Crippen LogP contribution in [0.25, 0.3) is 0 Å². The summed E-state index contributed by atoms with van der Waals surface area (Å²) in [5.41, 5.74) is 1.36. The molecular formula is C20H36O2. The van der Waals surface area contributed by atoms with Crippen LogP contribution < -0.4 is 0 Å². The molecule has 128 valence electrons. The van der Waals surface area contributed by atoms with Crippen molar-refractivity contribution in [3.8, 4) is 0 Å². The number of hydrogen-bond donors (Lipinski definition) is 2. The Hall–Kier alpha value is -0.340. The summed E-state index contributed by atoms with van der Waals surface area (Å²) in [4.78, 5) is 0. The summed E-state index contributed by atoms with van der Waals surface area (Å²) in [6.45, 7) is 11.6. The van der Waals surface area contributed by atoms with Crippen LogP contribution in [0, 0.1) is 22.7 Å². The first-order valence-electron chi connectivity index (χ1n) is 9.12. The Morgan fingerprint density at radius 1 is 1.14 bits per heavy atom. The summed E-state index contributed by atoms with van der Waals surface area (Å²) < 4.78 is 0. The second-order valence-electron chi connectivity index (χ2n) is 9.12. The lowest BCUT2D eigenvalue weighted by atomic mass is 9.45. The molecular weight excluding hydrogens is 272 g/mol. The van der Waals surface area contributed by atoms with Crippen molar-refractivity contribution in [2.24, 2.45) is 22.7 Å². The van der Waals surface area contributed by atoms with Gasteiger partial charge in [-0.3, -0.25) is 0 Å². The van der Waals surface area contributed by atoms with E-state index in [9.17, 15) is 5.11 Å². The van der Waals surface area contributed by atoms with Crippen LogP contribution >= 0.6 is 0 Å². The van der Waals surface area contributed by atoms with Gasteiger partial charge in [0.15, 0.2) is 0 Å². The van der Waals surface area contributed by atoms with Crippen LogP contribution in [0.5, 0.6) is 0 Å². The van der Waals surface area contributed by atoms with Crippen molar-refractivity contribution in [3.05, 3.63) is 11.6 Å². The first kappa shape index (κ1) is 18.0. The Morgan fingerprint density at radius 2 is 1.82 bits per heavy atom. The van der Waals surface area contributed by atoms with E-state index >= 15 is 0 Å². The van der Waals surface area contributed by atoms with E-state index in [1.165, 1.54) is 31.3 Å². The standard InChI is InChI=1S/C20H36O2/c1-15(10-14-21)7-8-17-19(4)12-6-11-18(2,3)16(19)9-13-20(17,5)22/h10,16-17,21-22H,6-9,11-14H2,1-5H3/b15-10+/t16-,17-,19-,20-/m1/s1. The molecule has 4 atom stereocenters. The van der Waals surface area contributed by atoms with Crippen LogP contribution in [-0.2, 0) is 0 Å². The van der Waals surface area contributed by atoms with Crippen molar-refractivity contribution in [2.45, 2.75) is 85.2 Å². The van der Waals surface area contributed by atoms with E-state index < -0.39 is 5.60 Å². The van der Waals surface area contributed by atoms with Crippen molar-refractivity contribution in [1.29, 1.82) is 0 Å². The molecule has 0 unspecified atom stereocenters. The largest absolute Gasteiger partial charge is 0.392 e. The number of fused-ring (bicyclic) bond motifs is 1. The molecule has 2 rings (SSSR count). The Labute approximate surface area is 137 Å². The van der Waals surface area contributed by atoms with Crippen molar-refractivity contribution >= 4 is 0 Å². The molecule has 2 fully saturated rings. The smallest absolute Gasteiger partial charge is 0.0653 e. The molecule has 0 aromatic rings. The highest BCUT2D eigenvalue weighted by Gasteiger charge is 2.57. The molecule has 2 aliphatic rings. The molecule has 2 aliphatic carbocycles. The minimum absolute atomic E-state index is 0.125. The van der Waals surface area contributed by atoms with Crippen LogP contribution in [-0.4, -0.2) is 22.4 Å². The van der Waals surface area contributed by atoms with Crippen molar-refractivity contribution in [3.63, 3.8) is 0 Å². The minimum atomic E-state index is -0.543. The van der Waals surface area contributed by atoms with Crippen molar-refractivity contribution in [1.82, 2.24) is 0 Å². The van der Waals surface area contributed by atoms with Gasteiger partial charge in [0.25, 0.3) is 0 Å². The van der Waals surface area contributed by atoms with E-state index in [-0.39, 0.29) is 12.0 Å². The number of aliphatic hydroxyl groups is 2. The van der Waals surface area contributed by atoms with Gasteiger partial charge < -0.3 is 10.2 Å². The second kappa shape index (κ2) is 6.28. The number of hydrogen-bond acceptors (Lipinski definition) is 2. The number of allylic oxidation sites excluding steroid dienone is 1. The third kappa shape index (κ3) is 3.28. The fourth-order valence-electron chi connectivity index (χ4n) is 5.90. The monoisotopic (exact) mass is 308 g/mol. The van der Waals surface area contributed by atoms with E-state index in [4.69, 9.17) is 5.11 Å². The van der Waals surface area contributed by atoms with Gasteiger partial charge in [0, 0.05) is 0 Å². The lowest BCUT2D eigenvalue weighted by molar-refractivity contribution is -0.168. The molecule has 0 spiro atoms. The van der Waals surface area contributed by atoms with Crippen LogP contribution in [0.2, 0.25) is 0 Å². The Kier molecular flexibility index (Phi) is 5.14. The summed E-state index contributed by atoms with van der Waals surface area (Å²) in [5, 5.41) is 20.1. The molecule has 2 N–H and O–H groups in total. The number of aliphatic hydroxyl groups excluding tert-OH is 1. The lowest BCUT2D eigenvalue weighted by Gasteiger charge is -2.61. The van der Waals surface area contributed by atoms with E-state index in [2.05, 4.69) is 34.6 Å². The van der Waals surface area contributed by atoms with Gasteiger partial charge in [0.05, 0.1) is 12.2 Å². The van der Waals surface area contributed by atoms with E-state index in [0.717, 1.165) is 25.2 Å². The molecule has 2 nitrogen and oxygen atoms in total. The molecule has 0 aromatic carbocycles. The summed E-state index contributed by atoms with van der Waals surface area (Å²) in [5.74, 6) is 1.08. The first-order valence-corrected chi connectivity index (χ1v) is 9.12. The first-order chi connectivity index (χ1) is 10.1. The van der Waals surface area contributed by atoms with Gasteiger partial charge in [-0.1, -0.05) is 38.8 Å². The minimum Gasteiger partial charge on any atom is -0.392 e. The topological polar surface area (TPSA) is 40.5 Å². The highest BCUT2D eigenvalue weighted by molar-refractivity contribution is 5.09. The van der Waals surface area contributed by atoms with Gasteiger partial charge in [-0.05, 0) is 75.0 Å². The zero-order valence-corrected chi connectivity index (χ0v) is 15.3. The molecule has 0 heterocycles. The van der Waals surface area contributed by atoms with Gasteiger partial charge in [0.1, 0.15) is 0 Å². The molecule has 0 amide bonds. The molecule has 2 heteroatoms. The van der Waals surface area contributed by atoms with Gasteiger partial charge in [-0.15, -0.1) is 0 Å². The predicted octanol–water partition coefficient (Wildman–Crippen LogP) is 4.70. The Balaban J connectivity index is 2.24. The molecule has 0 bridgehead atoms. The SMILES string of the molecule is C/C(=C\CO)CC[C@@H]1[C@]2(C)CCCC(C)(C)[C@H]2CC[C@@]1(C)O. The maximum Gasteiger partial charge on any atom is 0.0653 e. The molecule has 0 aromatic heterocycles. The molecule has 0 aliphatic heterocycles. The van der Waals surface area contributed by atoms with Gasteiger partial charge in [-0.2, -0.15) is 0 Å². The Bertz CT molecular complexity index is 421. The number of rotatable bonds is 4. The zero-order chi connectivity index (χ0) is 16.6. The highest BCUT2D eigenvalue weighted by atomic mass is 16.3. The molecule has 0 saturated heterocycles. The maximum absolute atomic E-state index is 11.1. The van der Waals surface area contributed by atoms with Crippen molar-refractivity contribution in [2.75, 3.05) is 6.61 Å². The summed E-state index contributed by atoms with van der Waals surface area (Å²) in [7, 11) is 0. The average molecular weight is 309 g/mol. The van der Waals surface area contributed by atoms with Gasteiger partial charge in [-0.25, -0.2) is 0 Å². The third-order valence-electron chi connectivity index (χ3n) is 7.03. The predicted molar refractivity (Wildman–Crippen MR) is 92.7 cm³/mol. The fraction of sp³-hybridized carbons (Fsp3) is 0.900. The summed E-state index contributed by atoms with van der Waals surface area (Å²) in [6.07, 6.45) is 9.90. The fourth-order valence-corrected chi connectivity index (χ4v) is 5.90. The van der Waals surface area contributed by atoms with Crippen LogP contribution in [0.15, 0.2) is 11.6 Å². The van der Waals surface area contributed by atoms with Gasteiger partial charge >= 0.3 is 0 Å². The summed E-state index contributed by atoms with van der Waals surface area (Å²) >= 11 is 0. The van der Waals surface area contributed by atoms with Gasteiger partial charge in [0.2, 0.25) is 0 Å². The van der Waals surface area contributed by atoms with Crippen LogP contribution in [0.3, 0.4) is 0 Å². The summed E-state index contributed by atoms with van der Waals surface area (Å²) in [6, 6.07) is 0. The highest BCUT2D eigenvalue weighted by Crippen LogP contribution is 2.62.